The highest BCUT2D eigenvalue weighted by Gasteiger charge is 2.07. The van der Waals surface area contributed by atoms with Gasteiger partial charge in [-0.2, -0.15) is 5.10 Å². The van der Waals surface area contributed by atoms with Crippen LogP contribution in [0.15, 0.2) is 54.7 Å². The lowest BCUT2D eigenvalue weighted by Crippen LogP contribution is -2.13. The standard InChI is InChI=1S/C23H28N4O2/c1-16(2)15-29-22-11-19(6-8-21(22)28-5)12-24-13-20-7-9-23(25-14-20)27-18(4)10-17(3)26-27/h6-11,14,24H,1,12-13,15H2,2-5H3. The van der Waals surface area contributed by atoms with Crippen LogP contribution in [0.25, 0.3) is 5.82 Å². The molecule has 6 heteroatoms. The highest BCUT2D eigenvalue weighted by Crippen LogP contribution is 2.28. The van der Waals surface area contributed by atoms with E-state index < -0.39 is 0 Å². The number of hydrogen-bond donors (Lipinski definition) is 1. The minimum atomic E-state index is 0.473. The predicted octanol–water partition coefficient (Wildman–Crippen LogP) is 4.14. The van der Waals surface area contributed by atoms with Gasteiger partial charge in [-0.1, -0.05) is 18.7 Å². The van der Waals surface area contributed by atoms with Crippen molar-refractivity contribution in [1.29, 1.82) is 0 Å². The van der Waals surface area contributed by atoms with Crippen LogP contribution in [-0.2, 0) is 13.1 Å². The molecule has 0 saturated heterocycles. The van der Waals surface area contributed by atoms with Gasteiger partial charge in [-0.05, 0) is 61.7 Å². The predicted molar refractivity (Wildman–Crippen MR) is 115 cm³/mol. The van der Waals surface area contributed by atoms with E-state index in [1.165, 1.54) is 0 Å². The summed E-state index contributed by atoms with van der Waals surface area (Å²) in [6.45, 7) is 11.7. The number of ether oxygens (including phenoxy) is 2. The molecule has 3 aromatic rings. The lowest BCUT2D eigenvalue weighted by Gasteiger charge is -2.13. The first-order valence-electron chi connectivity index (χ1n) is 9.59. The minimum Gasteiger partial charge on any atom is -0.493 e. The monoisotopic (exact) mass is 392 g/mol. The molecule has 0 aliphatic rings. The van der Waals surface area contributed by atoms with Crippen molar-refractivity contribution < 1.29 is 9.47 Å². The zero-order valence-corrected chi connectivity index (χ0v) is 17.5. The second-order valence-electron chi connectivity index (χ2n) is 7.20. The third-order valence-corrected chi connectivity index (χ3v) is 4.40. The van der Waals surface area contributed by atoms with Gasteiger partial charge in [0.1, 0.15) is 6.61 Å². The first kappa shape index (κ1) is 20.6. The van der Waals surface area contributed by atoms with E-state index in [1.54, 1.807) is 7.11 Å². The van der Waals surface area contributed by atoms with Crippen molar-refractivity contribution >= 4 is 0 Å². The lowest BCUT2D eigenvalue weighted by atomic mass is 10.2. The van der Waals surface area contributed by atoms with Crippen LogP contribution < -0.4 is 14.8 Å². The van der Waals surface area contributed by atoms with Crippen molar-refractivity contribution in [2.75, 3.05) is 13.7 Å². The molecule has 0 unspecified atom stereocenters. The van der Waals surface area contributed by atoms with Gasteiger partial charge in [-0.15, -0.1) is 0 Å². The van der Waals surface area contributed by atoms with Crippen LogP contribution in [0.1, 0.15) is 29.4 Å². The van der Waals surface area contributed by atoms with Gasteiger partial charge in [0.2, 0.25) is 0 Å². The summed E-state index contributed by atoms with van der Waals surface area (Å²) in [7, 11) is 1.64. The van der Waals surface area contributed by atoms with Crippen LogP contribution >= 0.6 is 0 Å². The molecule has 0 saturated carbocycles. The number of nitrogens with one attached hydrogen (secondary N) is 1. The van der Waals surface area contributed by atoms with E-state index in [4.69, 9.17) is 9.47 Å². The molecule has 152 valence electrons. The Hall–Kier alpha value is -3.12. The SMILES string of the molecule is C=C(C)COc1cc(CNCc2ccc(-n3nc(C)cc3C)nc2)ccc1OC. The van der Waals surface area contributed by atoms with E-state index in [-0.39, 0.29) is 0 Å². The molecule has 3 rings (SSSR count). The molecule has 0 bridgehead atoms. The van der Waals surface area contributed by atoms with E-state index in [0.29, 0.717) is 13.2 Å². The number of hydrogen-bond acceptors (Lipinski definition) is 5. The summed E-state index contributed by atoms with van der Waals surface area (Å²) in [5, 5.41) is 7.92. The zero-order valence-electron chi connectivity index (χ0n) is 17.5. The Morgan fingerprint density at radius 1 is 1.07 bits per heavy atom. The fourth-order valence-corrected chi connectivity index (χ4v) is 3.00. The van der Waals surface area contributed by atoms with E-state index in [1.807, 2.05) is 62.0 Å². The highest BCUT2D eigenvalue weighted by atomic mass is 16.5. The molecule has 0 fully saturated rings. The molecule has 0 atom stereocenters. The third-order valence-electron chi connectivity index (χ3n) is 4.40. The zero-order chi connectivity index (χ0) is 20.8. The Kier molecular flexibility index (Phi) is 6.67. The molecule has 6 nitrogen and oxygen atoms in total. The molecule has 2 heterocycles. The Balaban J connectivity index is 1.59. The number of rotatable bonds is 9. The lowest BCUT2D eigenvalue weighted by molar-refractivity contribution is 0.319. The van der Waals surface area contributed by atoms with E-state index >= 15 is 0 Å². The molecule has 0 spiro atoms. The number of benzene rings is 1. The maximum absolute atomic E-state index is 5.79. The summed E-state index contributed by atoms with van der Waals surface area (Å²) in [6.07, 6.45) is 1.88. The maximum atomic E-state index is 5.79. The topological polar surface area (TPSA) is 61.2 Å². The second-order valence-corrected chi connectivity index (χ2v) is 7.20. The molecule has 0 amide bonds. The minimum absolute atomic E-state index is 0.473. The molecule has 1 aromatic carbocycles. The molecular weight excluding hydrogens is 364 g/mol. The average molecular weight is 393 g/mol. The molecule has 29 heavy (non-hydrogen) atoms. The summed E-state index contributed by atoms with van der Waals surface area (Å²) >= 11 is 0. The normalized spacial score (nSPS) is 10.8. The van der Waals surface area contributed by atoms with Gasteiger partial charge in [0, 0.05) is 25.0 Å². The Labute approximate surface area is 172 Å². The molecule has 0 radical (unpaired) electrons. The number of methoxy groups -OCH3 is 1. The van der Waals surface area contributed by atoms with Crippen LogP contribution in [0.3, 0.4) is 0 Å². The summed E-state index contributed by atoms with van der Waals surface area (Å²) in [5.74, 6) is 2.28. The second kappa shape index (κ2) is 9.39. The van der Waals surface area contributed by atoms with Gasteiger partial charge in [0.05, 0.1) is 12.8 Å². The van der Waals surface area contributed by atoms with Crippen LogP contribution in [-0.4, -0.2) is 28.5 Å². The summed E-state index contributed by atoms with van der Waals surface area (Å²) in [5.41, 5.74) is 5.26. The van der Waals surface area contributed by atoms with E-state index in [0.717, 1.165) is 51.9 Å². The molecule has 1 N–H and O–H groups in total. The van der Waals surface area contributed by atoms with Gasteiger partial charge in [-0.25, -0.2) is 9.67 Å². The molecule has 0 aliphatic heterocycles. The first-order valence-corrected chi connectivity index (χ1v) is 9.59. The number of aromatic nitrogens is 3. The van der Waals surface area contributed by atoms with Gasteiger partial charge in [0.25, 0.3) is 0 Å². The fraction of sp³-hybridized carbons (Fsp3) is 0.304. The van der Waals surface area contributed by atoms with Gasteiger partial charge in [0.15, 0.2) is 17.3 Å². The van der Waals surface area contributed by atoms with Crippen molar-refractivity contribution in [2.45, 2.75) is 33.9 Å². The van der Waals surface area contributed by atoms with E-state index in [9.17, 15) is 0 Å². The average Bonchev–Trinajstić information content (AvgIpc) is 3.05. The summed E-state index contributed by atoms with van der Waals surface area (Å²) < 4.78 is 13.0. The van der Waals surface area contributed by atoms with Gasteiger partial charge in [-0.3, -0.25) is 0 Å². The number of nitrogens with zero attached hydrogens (tertiary/aromatic N) is 3. The maximum Gasteiger partial charge on any atom is 0.161 e. The summed E-state index contributed by atoms with van der Waals surface area (Å²) in [4.78, 5) is 4.54. The third kappa shape index (κ3) is 5.45. The Bertz CT molecular complexity index is 977. The Morgan fingerprint density at radius 2 is 1.83 bits per heavy atom. The van der Waals surface area contributed by atoms with Crippen molar-refractivity contribution in [1.82, 2.24) is 20.1 Å². The van der Waals surface area contributed by atoms with Crippen molar-refractivity contribution in [3.63, 3.8) is 0 Å². The molecule has 2 aromatic heterocycles. The van der Waals surface area contributed by atoms with E-state index in [2.05, 4.69) is 28.0 Å². The Morgan fingerprint density at radius 3 is 2.45 bits per heavy atom. The molecule has 0 aliphatic carbocycles. The van der Waals surface area contributed by atoms with Crippen molar-refractivity contribution in [3.8, 4) is 17.3 Å². The van der Waals surface area contributed by atoms with Gasteiger partial charge < -0.3 is 14.8 Å². The van der Waals surface area contributed by atoms with Crippen LogP contribution in [0.2, 0.25) is 0 Å². The first-order chi connectivity index (χ1) is 14.0. The summed E-state index contributed by atoms with van der Waals surface area (Å²) in [6, 6.07) is 12.1. The van der Waals surface area contributed by atoms with Crippen molar-refractivity contribution in [2.24, 2.45) is 0 Å². The fourth-order valence-electron chi connectivity index (χ4n) is 3.00. The highest BCUT2D eigenvalue weighted by molar-refractivity contribution is 5.43. The molecular formula is C23H28N4O2. The number of pyridine rings is 1. The number of aryl methyl sites for hydroxylation is 2. The van der Waals surface area contributed by atoms with Crippen LogP contribution in [0, 0.1) is 13.8 Å². The van der Waals surface area contributed by atoms with Gasteiger partial charge >= 0.3 is 0 Å². The largest absolute Gasteiger partial charge is 0.493 e. The smallest absolute Gasteiger partial charge is 0.161 e. The van der Waals surface area contributed by atoms with Crippen molar-refractivity contribution in [3.05, 3.63) is 77.3 Å². The van der Waals surface area contributed by atoms with Crippen LogP contribution in [0.4, 0.5) is 0 Å². The quantitative estimate of drug-likeness (QED) is 0.555. The van der Waals surface area contributed by atoms with Crippen LogP contribution in [0.5, 0.6) is 11.5 Å².